The SMILES string of the molecule is Cc1cc2nc(C)c(C(C)C)c(Cl)c2c(C)c1Br. The van der Waals surface area contributed by atoms with E-state index in [1.165, 1.54) is 11.1 Å². The number of aryl methyl sites for hydroxylation is 3. The van der Waals surface area contributed by atoms with Crippen LogP contribution in [-0.2, 0) is 0 Å². The Morgan fingerprint density at radius 3 is 2.39 bits per heavy atom. The van der Waals surface area contributed by atoms with Crippen molar-refractivity contribution in [2.75, 3.05) is 0 Å². The van der Waals surface area contributed by atoms with E-state index in [1.807, 2.05) is 6.92 Å². The first kappa shape index (κ1) is 13.8. The maximum atomic E-state index is 6.61. The van der Waals surface area contributed by atoms with Crippen molar-refractivity contribution in [1.82, 2.24) is 4.98 Å². The lowest BCUT2D eigenvalue weighted by molar-refractivity contribution is 0.848. The maximum absolute atomic E-state index is 6.61. The standard InChI is InChI=1S/C15H17BrClN/c1-7(2)12-10(5)18-11-6-8(3)14(16)9(4)13(11)15(12)17/h6-7H,1-5H3. The molecule has 0 radical (unpaired) electrons. The summed E-state index contributed by atoms with van der Waals surface area (Å²) in [6, 6.07) is 2.09. The highest BCUT2D eigenvalue weighted by molar-refractivity contribution is 9.10. The molecule has 0 aliphatic heterocycles. The van der Waals surface area contributed by atoms with Crippen LogP contribution < -0.4 is 0 Å². The predicted molar refractivity (Wildman–Crippen MR) is 82.8 cm³/mol. The lowest BCUT2D eigenvalue weighted by Gasteiger charge is -2.16. The van der Waals surface area contributed by atoms with Gasteiger partial charge in [-0.1, -0.05) is 41.4 Å². The van der Waals surface area contributed by atoms with E-state index in [0.717, 1.165) is 31.7 Å². The smallest absolute Gasteiger partial charge is 0.0726 e. The molecule has 0 saturated carbocycles. The summed E-state index contributed by atoms with van der Waals surface area (Å²) in [5.41, 5.74) is 5.54. The third-order valence-corrected chi connectivity index (χ3v) is 4.98. The van der Waals surface area contributed by atoms with Gasteiger partial charge < -0.3 is 0 Å². The molecule has 0 fully saturated rings. The van der Waals surface area contributed by atoms with E-state index in [-0.39, 0.29) is 0 Å². The topological polar surface area (TPSA) is 12.9 Å². The average molecular weight is 327 g/mol. The molecular formula is C15H17BrClN. The fourth-order valence-electron chi connectivity index (χ4n) is 2.51. The minimum absolute atomic E-state index is 0.383. The monoisotopic (exact) mass is 325 g/mol. The van der Waals surface area contributed by atoms with Crippen LogP contribution in [0.1, 0.15) is 42.1 Å². The Bertz CT molecular complexity index is 632. The fraction of sp³-hybridized carbons (Fsp3) is 0.400. The van der Waals surface area contributed by atoms with E-state index in [1.54, 1.807) is 0 Å². The Labute approximate surface area is 122 Å². The third-order valence-electron chi connectivity index (χ3n) is 3.37. The molecule has 2 aromatic rings. The Hall–Kier alpha value is -0.600. The van der Waals surface area contributed by atoms with Crippen molar-refractivity contribution in [2.24, 2.45) is 0 Å². The van der Waals surface area contributed by atoms with Gasteiger partial charge in [-0.3, -0.25) is 4.98 Å². The average Bonchev–Trinajstić information content (AvgIpc) is 2.24. The van der Waals surface area contributed by atoms with Crippen LogP contribution in [0.3, 0.4) is 0 Å². The van der Waals surface area contributed by atoms with Gasteiger partial charge in [-0.15, -0.1) is 0 Å². The molecule has 1 nitrogen and oxygen atoms in total. The minimum atomic E-state index is 0.383. The van der Waals surface area contributed by atoms with Crippen LogP contribution in [0.25, 0.3) is 10.9 Å². The molecule has 0 aliphatic carbocycles. The second-order valence-corrected chi connectivity index (χ2v) is 6.28. The van der Waals surface area contributed by atoms with Crippen molar-refractivity contribution in [1.29, 1.82) is 0 Å². The largest absolute Gasteiger partial charge is 0.253 e. The van der Waals surface area contributed by atoms with Gasteiger partial charge in [-0.05, 0) is 49.4 Å². The molecular weight excluding hydrogens is 310 g/mol. The van der Waals surface area contributed by atoms with Gasteiger partial charge in [0.15, 0.2) is 0 Å². The van der Waals surface area contributed by atoms with Crippen LogP contribution in [0.4, 0.5) is 0 Å². The molecule has 3 heteroatoms. The molecule has 1 aromatic heterocycles. The van der Waals surface area contributed by atoms with Gasteiger partial charge in [0.25, 0.3) is 0 Å². The van der Waals surface area contributed by atoms with Crippen LogP contribution in [0.5, 0.6) is 0 Å². The van der Waals surface area contributed by atoms with E-state index in [4.69, 9.17) is 16.6 Å². The van der Waals surface area contributed by atoms with Crippen molar-refractivity contribution in [2.45, 2.75) is 40.5 Å². The molecule has 18 heavy (non-hydrogen) atoms. The second-order valence-electron chi connectivity index (χ2n) is 5.11. The third kappa shape index (κ3) is 2.06. The molecule has 0 aliphatic rings. The van der Waals surface area contributed by atoms with Crippen molar-refractivity contribution in [3.63, 3.8) is 0 Å². The molecule has 0 N–H and O–H groups in total. The number of hydrogen-bond acceptors (Lipinski definition) is 1. The first-order valence-electron chi connectivity index (χ1n) is 6.10. The summed E-state index contributed by atoms with van der Waals surface area (Å²) >= 11 is 10.2. The zero-order valence-corrected chi connectivity index (χ0v) is 13.7. The summed E-state index contributed by atoms with van der Waals surface area (Å²) < 4.78 is 1.12. The van der Waals surface area contributed by atoms with Crippen LogP contribution in [0.15, 0.2) is 10.5 Å². The van der Waals surface area contributed by atoms with E-state index in [9.17, 15) is 0 Å². The molecule has 96 valence electrons. The number of nitrogens with zero attached hydrogens (tertiary/aromatic N) is 1. The summed E-state index contributed by atoms with van der Waals surface area (Å²) in [7, 11) is 0. The summed E-state index contributed by atoms with van der Waals surface area (Å²) in [6.45, 7) is 10.5. The molecule has 0 spiro atoms. The maximum Gasteiger partial charge on any atom is 0.0726 e. The number of pyridine rings is 1. The summed E-state index contributed by atoms with van der Waals surface area (Å²) in [5, 5.41) is 1.93. The molecule has 0 unspecified atom stereocenters. The van der Waals surface area contributed by atoms with Gasteiger partial charge in [-0.25, -0.2) is 0 Å². The Kier molecular flexibility index (Phi) is 3.70. The zero-order valence-electron chi connectivity index (χ0n) is 11.4. The van der Waals surface area contributed by atoms with Gasteiger partial charge in [0.05, 0.1) is 10.5 Å². The summed E-state index contributed by atoms with van der Waals surface area (Å²) in [5.74, 6) is 0.383. The highest BCUT2D eigenvalue weighted by Gasteiger charge is 2.17. The fourth-order valence-corrected chi connectivity index (χ4v) is 3.42. The Balaban J connectivity index is 2.97. The van der Waals surface area contributed by atoms with Crippen LogP contribution in [-0.4, -0.2) is 4.98 Å². The number of fused-ring (bicyclic) bond motifs is 1. The molecule has 0 bridgehead atoms. The zero-order chi connectivity index (χ0) is 13.6. The van der Waals surface area contributed by atoms with E-state index < -0.39 is 0 Å². The molecule has 0 saturated heterocycles. The summed E-state index contributed by atoms with van der Waals surface area (Å²) in [4.78, 5) is 4.72. The van der Waals surface area contributed by atoms with E-state index in [0.29, 0.717) is 5.92 Å². The second kappa shape index (κ2) is 4.82. The highest BCUT2D eigenvalue weighted by atomic mass is 79.9. The van der Waals surface area contributed by atoms with Crippen LogP contribution in [0.2, 0.25) is 5.02 Å². The van der Waals surface area contributed by atoms with Crippen molar-refractivity contribution >= 4 is 38.4 Å². The van der Waals surface area contributed by atoms with Crippen molar-refractivity contribution in [3.05, 3.63) is 37.9 Å². The van der Waals surface area contributed by atoms with Crippen molar-refractivity contribution in [3.8, 4) is 0 Å². The number of hydrogen-bond donors (Lipinski definition) is 0. The number of benzene rings is 1. The molecule has 1 aromatic carbocycles. The number of rotatable bonds is 1. The minimum Gasteiger partial charge on any atom is -0.253 e. The predicted octanol–water partition coefficient (Wildman–Crippen LogP) is 5.70. The van der Waals surface area contributed by atoms with Gasteiger partial charge >= 0.3 is 0 Å². The summed E-state index contributed by atoms with van der Waals surface area (Å²) in [6.07, 6.45) is 0. The first-order valence-corrected chi connectivity index (χ1v) is 7.27. The van der Waals surface area contributed by atoms with E-state index >= 15 is 0 Å². The quantitative estimate of drug-likeness (QED) is 0.655. The molecule has 1 heterocycles. The van der Waals surface area contributed by atoms with Crippen LogP contribution >= 0.6 is 27.5 Å². The molecule has 0 atom stereocenters. The molecule has 2 rings (SSSR count). The highest BCUT2D eigenvalue weighted by Crippen LogP contribution is 2.38. The van der Waals surface area contributed by atoms with E-state index in [2.05, 4.69) is 49.7 Å². The van der Waals surface area contributed by atoms with Crippen LogP contribution in [0, 0.1) is 20.8 Å². The van der Waals surface area contributed by atoms with Gasteiger partial charge in [0.1, 0.15) is 0 Å². The van der Waals surface area contributed by atoms with Gasteiger partial charge in [0, 0.05) is 15.6 Å². The lowest BCUT2D eigenvalue weighted by Crippen LogP contribution is -2.00. The van der Waals surface area contributed by atoms with Crippen molar-refractivity contribution < 1.29 is 0 Å². The Morgan fingerprint density at radius 1 is 1.22 bits per heavy atom. The first-order chi connectivity index (χ1) is 8.34. The number of halogens is 2. The lowest BCUT2D eigenvalue weighted by atomic mass is 9.97. The Morgan fingerprint density at radius 2 is 1.83 bits per heavy atom. The normalized spacial score (nSPS) is 11.6. The molecule has 0 amide bonds. The number of aromatic nitrogens is 1. The van der Waals surface area contributed by atoms with Gasteiger partial charge in [0.2, 0.25) is 0 Å². The van der Waals surface area contributed by atoms with Gasteiger partial charge in [-0.2, -0.15) is 0 Å².